The van der Waals surface area contributed by atoms with Gasteiger partial charge in [0.15, 0.2) is 0 Å². The van der Waals surface area contributed by atoms with Crippen molar-refractivity contribution in [2.24, 2.45) is 17.8 Å². The maximum absolute atomic E-state index is 4.06. The molecule has 2 aliphatic rings. The zero-order valence-corrected chi connectivity index (χ0v) is 12.8. The molecule has 0 heterocycles. The molecule has 0 amide bonds. The Labute approximate surface area is 114 Å². The molecule has 2 saturated carbocycles. The predicted octanol–water partition coefficient (Wildman–Crippen LogP) is 4.76. The molecule has 0 saturated heterocycles. The van der Waals surface area contributed by atoms with E-state index in [1.807, 2.05) is 0 Å². The van der Waals surface area contributed by atoms with Crippen molar-refractivity contribution in [2.45, 2.75) is 90.6 Å². The largest absolute Gasteiger partial charge is 0.311 e. The summed E-state index contributed by atoms with van der Waals surface area (Å²) in [6.07, 6.45) is 13.0. The summed E-state index contributed by atoms with van der Waals surface area (Å²) in [5.74, 6) is 2.75. The van der Waals surface area contributed by atoms with Crippen molar-refractivity contribution in [3.05, 3.63) is 0 Å². The van der Waals surface area contributed by atoms with Gasteiger partial charge in [-0.25, -0.2) is 0 Å². The van der Waals surface area contributed by atoms with E-state index in [0.717, 1.165) is 29.8 Å². The Morgan fingerprint density at radius 2 is 1.67 bits per heavy atom. The van der Waals surface area contributed by atoms with Gasteiger partial charge < -0.3 is 5.32 Å². The highest BCUT2D eigenvalue weighted by atomic mass is 15.0. The standard InChI is InChI=1S/C17H33N/c1-4-16(15-10-6-5-7-11-15)18-17-12-8-9-13(2)14(17)3/h13-18H,4-12H2,1-3H3. The first-order chi connectivity index (χ1) is 8.72. The maximum atomic E-state index is 4.06. The van der Waals surface area contributed by atoms with Gasteiger partial charge in [-0.3, -0.25) is 0 Å². The highest BCUT2D eigenvalue weighted by molar-refractivity contribution is 4.87. The summed E-state index contributed by atoms with van der Waals surface area (Å²) < 4.78 is 0. The molecule has 4 unspecified atom stereocenters. The van der Waals surface area contributed by atoms with Gasteiger partial charge in [-0.15, -0.1) is 0 Å². The first-order valence-corrected chi connectivity index (χ1v) is 8.48. The Morgan fingerprint density at radius 3 is 2.33 bits per heavy atom. The molecule has 0 radical (unpaired) electrons. The molecule has 0 aliphatic heterocycles. The molecule has 4 atom stereocenters. The fourth-order valence-corrected chi connectivity index (χ4v) is 4.22. The molecule has 1 heteroatoms. The highest BCUT2D eigenvalue weighted by Crippen LogP contribution is 2.32. The van der Waals surface area contributed by atoms with Gasteiger partial charge in [0.2, 0.25) is 0 Å². The summed E-state index contributed by atoms with van der Waals surface area (Å²) in [4.78, 5) is 0. The molecular formula is C17H33N. The van der Waals surface area contributed by atoms with E-state index in [1.165, 1.54) is 57.8 Å². The average molecular weight is 251 g/mol. The zero-order valence-electron chi connectivity index (χ0n) is 12.8. The number of nitrogens with one attached hydrogen (secondary N) is 1. The van der Waals surface area contributed by atoms with Crippen molar-refractivity contribution in [3.63, 3.8) is 0 Å². The lowest BCUT2D eigenvalue weighted by Crippen LogP contribution is -2.48. The maximum Gasteiger partial charge on any atom is 0.00979 e. The van der Waals surface area contributed by atoms with Crippen LogP contribution in [0.4, 0.5) is 0 Å². The van der Waals surface area contributed by atoms with E-state index < -0.39 is 0 Å². The predicted molar refractivity (Wildman–Crippen MR) is 79.8 cm³/mol. The Kier molecular flexibility index (Phi) is 5.54. The SMILES string of the molecule is CCC(NC1CCCC(C)C1C)C1CCCCC1. The molecule has 0 spiro atoms. The fraction of sp³-hybridized carbons (Fsp3) is 1.00. The highest BCUT2D eigenvalue weighted by Gasteiger charge is 2.30. The number of hydrogen-bond acceptors (Lipinski definition) is 1. The molecule has 2 fully saturated rings. The summed E-state index contributed by atoms with van der Waals surface area (Å²) >= 11 is 0. The molecule has 2 aliphatic carbocycles. The van der Waals surface area contributed by atoms with Crippen molar-refractivity contribution in [2.75, 3.05) is 0 Å². The van der Waals surface area contributed by atoms with Crippen LogP contribution in [-0.4, -0.2) is 12.1 Å². The fourth-order valence-electron chi connectivity index (χ4n) is 4.22. The van der Waals surface area contributed by atoms with Gasteiger partial charge in [0.25, 0.3) is 0 Å². The number of hydrogen-bond donors (Lipinski definition) is 1. The van der Waals surface area contributed by atoms with Crippen LogP contribution in [0.15, 0.2) is 0 Å². The first kappa shape index (κ1) is 14.4. The van der Waals surface area contributed by atoms with Crippen LogP contribution >= 0.6 is 0 Å². The molecule has 106 valence electrons. The average Bonchev–Trinajstić information content (AvgIpc) is 2.41. The Hall–Kier alpha value is -0.0400. The molecule has 2 rings (SSSR count). The van der Waals surface area contributed by atoms with E-state index in [2.05, 4.69) is 26.1 Å². The lowest BCUT2D eigenvalue weighted by atomic mass is 9.76. The second kappa shape index (κ2) is 6.93. The van der Waals surface area contributed by atoms with Crippen LogP contribution < -0.4 is 5.32 Å². The van der Waals surface area contributed by atoms with Crippen LogP contribution in [0.2, 0.25) is 0 Å². The van der Waals surface area contributed by atoms with Crippen LogP contribution in [0.25, 0.3) is 0 Å². The monoisotopic (exact) mass is 251 g/mol. The van der Waals surface area contributed by atoms with Gasteiger partial charge in [-0.2, -0.15) is 0 Å². The minimum Gasteiger partial charge on any atom is -0.311 e. The van der Waals surface area contributed by atoms with Crippen LogP contribution in [-0.2, 0) is 0 Å². The third-order valence-electron chi connectivity index (χ3n) is 5.79. The Morgan fingerprint density at radius 1 is 0.944 bits per heavy atom. The molecule has 0 bridgehead atoms. The lowest BCUT2D eigenvalue weighted by molar-refractivity contribution is 0.162. The zero-order chi connectivity index (χ0) is 13.0. The molecule has 18 heavy (non-hydrogen) atoms. The second-order valence-corrected chi connectivity index (χ2v) is 6.95. The van der Waals surface area contributed by atoms with Crippen molar-refractivity contribution in [1.82, 2.24) is 5.32 Å². The van der Waals surface area contributed by atoms with E-state index in [4.69, 9.17) is 0 Å². The van der Waals surface area contributed by atoms with Crippen LogP contribution in [0.3, 0.4) is 0 Å². The normalized spacial score (nSPS) is 36.5. The summed E-state index contributed by atoms with van der Waals surface area (Å²) in [5.41, 5.74) is 0. The van der Waals surface area contributed by atoms with Gasteiger partial charge in [-0.05, 0) is 43.4 Å². The van der Waals surface area contributed by atoms with E-state index in [1.54, 1.807) is 0 Å². The molecule has 0 aromatic rings. The molecule has 1 N–H and O–H groups in total. The van der Waals surface area contributed by atoms with Crippen molar-refractivity contribution >= 4 is 0 Å². The minimum atomic E-state index is 0.792. The van der Waals surface area contributed by atoms with E-state index in [9.17, 15) is 0 Å². The van der Waals surface area contributed by atoms with Gasteiger partial charge >= 0.3 is 0 Å². The molecular weight excluding hydrogens is 218 g/mol. The summed E-state index contributed by atoms with van der Waals surface area (Å²) in [7, 11) is 0. The lowest BCUT2D eigenvalue weighted by Gasteiger charge is -2.40. The molecule has 1 nitrogen and oxygen atoms in total. The van der Waals surface area contributed by atoms with E-state index in [-0.39, 0.29) is 0 Å². The van der Waals surface area contributed by atoms with Gasteiger partial charge in [-0.1, -0.05) is 52.9 Å². The van der Waals surface area contributed by atoms with Crippen molar-refractivity contribution in [3.8, 4) is 0 Å². The van der Waals surface area contributed by atoms with Crippen LogP contribution in [0.5, 0.6) is 0 Å². The number of rotatable bonds is 4. The topological polar surface area (TPSA) is 12.0 Å². The van der Waals surface area contributed by atoms with Crippen molar-refractivity contribution in [1.29, 1.82) is 0 Å². The smallest absolute Gasteiger partial charge is 0.00979 e. The van der Waals surface area contributed by atoms with Crippen molar-refractivity contribution < 1.29 is 0 Å². The third kappa shape index (κ3) is 3.50. The minimum absolute atomic E-state index is 0.792. The Bertz CT molecular complexity index is 232. The van der Waals surface area contributed by atoms with Gasteiger partial charge in [0.05, 0.1) is 0 Å². The molecule has 0 aromatic carbocycles. The quantitative estimate of drug-likeness (QED) is 0.759. The van der Waals surface area contributed by atoms with E-state index in [0.29, 0.717) is 0 Å². The summed E-state index contributed by atoms with van der Waals surface area (Å²) in [5, 5.41) is 4.06. The summed E-state index contributed by atoms with van der Waals surface area (Å²) in [6, 6.07) is 1.59. The molecule has 0 aromatic heterocycles. The third-order valence-corrected chi connectivity index (χ3v) is 5.79. The first-order valence-electron chi connectivity index (χ1n) is 8.48. The summed E-state index contributed by atoms with van der Waals surface area (Å²) in [6.45, 7) is 7.29. The second-order valence-electron chi connectivity index (χ2n) is 6.95. The van der Waals surface area contributed by atoms with Gasteiger partial charge in [0, 0.05) is 12.1 Å². The van der Waals surface area contributed by atoms with Crippen LogP contribution in [0, 0.1) is 17.8 Å². The van der Waals surface area contributed by atoms with Gasteiger partial charge in [0.1, 0.15) is 0 Å². The van der Waals surface area contributed by atoms with E-state index >= 15 is 0 Å². The van der Waals surface area contributed by atoms with Crippen LogP contribution in [0.1, 0.15) is 78.6 Å². The Balaban J connectivity index is 1.88.